The summed E-state index contributed by atoms with van der Waals surface area (Å²) in [4.78, 5) is 4.45. The Morgan fingerprint density at radius 3 is 2.91 bits per heavy atom. The molecular weight excluding hydrogens is 313 g/mol. The first kappa shape index (κ1) is 15.2. The molecule has 0 spiro atoms. The van der Waals surface area contributed by atoms with Crippen LogP contribution in [0.2, 0.25) is 0 Å². The van der Waals surface area contributed by atoms with Crippen molar-refractivity contribution in [3.8, 4) is 17.0 Å². The van der Waals surface area contributed by atoms with Crippen LogP contribution in [0.25, 0.3) is 11.3 Å². The predicted molar refractivity (Wildman–Crippen MR) is 91.7 cm³/mol. The molecule has 1 N–H and O–H groups in total. The monoisotopic (exact) mass is 327 g/mol. The molecule has 3 aromatic rings. The summed E-state index contributed by atoms with van der Waals surface area (Å²) in [6, 6.07) is 14.1. The maximum atomic E-state index is 13.5. The fraction of sp³-hybridized carbons (Fsp3) is 0.0588. The zero-order valence-corrected chi connectivity index (χ0v) is 13.2. The molecule has 0 fully saturated rings. The van der Waals surface area contributed by atoms with Gasteiger partial charge in [0.2, 0.25) is 5.13 Å². The third kappa shape index (κ3) is 3.73. The number of aromatic nitrogens is 1. The van der Waals surface area contributed by atoms with E-state index in [1.54, 1.807) is 25.3 Å². The Bertz CT molecular complexity index is 832. The second kappa shape index (κ2) is 7.02. The summed E-state index contributed by atoms with van der Waals surface area (Å²) in [5, 5.41) is 6.58. The van der Waals surface area contributed by atoms with Crippen LogP contribution in [0.15, 0.2) is 59.0 Å². The van der Waals surface area contributed by atoms with E-state index in [4.69, 9.17) is 4.74 Å². The number of thiazole rings is 1. The normalized spacial score (nSPS) is 10.9. The largest absolute Gasteiger partial charge is 0.497 e. The lowest BCUT2D eigenvalue weighted by Gasteiger charge is -2.01. The Kier molecular flexibility index (Phi) is 4.63. The van der Waals surface area contributed by atoms with Crippen molar-refractivity contribution < 1.29 is 9.13 Å². The van der Waals surface area contributed by atoms with Gasteiger partial charge in [0.25, 0.3) is 0 Å². The quantitative estimate of drug-likeness (QED) is 0.558. The molecule has 1 heterocycles. The van der Waals surface area contributed by atoms with Crippen LogP contribution in [0.5, 0.6) is 5.75 Å². The number of anilines is 1. The van der Waals surface area contributed by atoms with Crippen molar-refractivity contribution in [2.75, 3.05) is 12.5 Å². The number of hydrazone groups is 1. The molecule has 0 radical (unpaired) electrons. The molecular formula is C17H14FN3OS. The highest BCUT2D eigenvalue weighted by Gasteiger charge is 2.05. The van der Waals surface area contributed by atoms with Gasteiger partial charge >= 0.3 is 0 Å². The molecule has 116 valence electrons. The molecule has 0 aliphatic carbocycles. The Labute approximate surface area is 137 Å². The number of methoxy groups -OCH3 is 1. The molecule has 3 rings (SSSR count). The van der Waals surface area contributed by atoms with Crippen LogP contribution < -0.4 is 10.2 Å². The van der Waals surface area contributed by atoms with Gasteiger partial charge in [0, 0.05) is 16.5 Å². The van der Waals surface area contributed by atoms with E-state index in [1.807, 2.05) is 29.6 Å². The van der Waals surface area contributed by atoms with Gasteiger partial charge < -0.3 is 4.74 Å². The van der Waals surface area contributed by atoms with E-state index in [1.165, 1.54) is 23.6 Å². The van der Waals surface area contributed by atoms with Crippen LogP contribution in [-0.4, -0.2) is 18.3 Å². The van der Waals surface area contributed by atoms with Crippen molar-refractivity contribution in [3.63, 3.8) is 0 Å². The molecule has 23 heavy (non-hydrogen) atoms. The minimum absolute atomic E-state index is 0.311. The predicted octanol–water partition coefficient (Wildman–Crippen LogP) is 4.40. The van der Waals surface area contributed by atoms with Gasteiger partial charge in [-0.2, -0.15) is 5.10 Å². The number of nitrogens with one attached hydrogen (secondary N) is 1. The van der Waals surface area contributed by atoms with Crippen molar-refractivity contribution in [1.29, 1.82) is 0 Å². The Morgan fingerprint density at radius 2 is 2.09 bits per heavy atom. The molecule has 0 aliphatic heterocycles. The second-order valence-electron chi connectivity index (χ2n) is 4.66. The van der Waals surface area contributed by atoms with Gasteiger partial charge in [0.1, 0.15) is 11.6 Å². The molecule has 0 amide bonds. The van der Waals surface area contributed by atoms with Crippen molar-refractivity contribution in [1.82, 2.24) is 4.98 Å². The van der Waals surface area contributed by atoms with Gasteiger partial charge in [0.15, 0.2) is 0 Å². The SMILES string of the molecule is COc1cccc(-c2csc(N/N=C\c3ccccc3F)n2)c1. The zero-order valence-electron chi connectivity index (χ0n) is 12.4. The number of rotatable bonds is 5. The third-order valence-electron chi connectivity index (χ3n) is 3.14. The average Bonchev–Trinajstić information content (AvgIpc) is 3.06. The number of hydrogen-bond acceptors (Lipinski definition) is 5. The topological polar surface area (TPSA) is 46.5 Å². The minimum Gasteiger partial charge on any atom is -0.497 e. The van der Waals surface area contributed by atoms with Crippen molar-refractivity contribution >= 4 is 22.7 Å². The van der Waals surface area contributed by atoms with Crippen molar-refractivity contribution in [2.45, 2.75) is 0 Å². The second-order valence-corrected chi connectivity index (χ2v) is 5.52. The first-order valence-corrected chi connectivity index (χ1v) is 7.78. The molecule has 0 atom stereocenters. The maximum Gasteiger partial charge on any atom is 0.203 e. The molecule has 0 saturated heterocycles. The Balaban J connectivity index is 1.71. The van der Waals surface area contributed by atoms with E-state index in [0.29, 0.717) is 10.7 Å². The highest BCUT2D eigenvalue weighted by molar-refractivity contribution is 7.14. The summed E-state index contributed by atoms with van der Waals surface area (Å²) in [5.74, 6) is 0.469. The number of benzene rings is 2. The minimum atomic E-state index is -0.311. The first-order chi connectivity index (χ1) is 11.3. The molecule has 0 bridgehead atoms. The van der Waals surface area contributed by atoms with Gasteiger partial charge in [-0.25, -0.2) is 9.37 Å². The Hall–Kier alpha value is -2.73. The summed E-state index contributed by atoms with van der Waals surface area (Å²) in [5.41, 5.74) is 5.03. The zero-order chi connectivity index (χ0) is 16.1. The highest BCUT2D eigenvalue weighted by Crippen LogP contribution is 2.27. The van der Waals surface area contributed by atoms with E-state index in [2.05, 4.69) is 15.5 Å². The van der Waals surface area contributed by atoms with Crippen molar-refractivity contribution in [2.24, 2.45) is 5.10 Å². The van der Waals surface area contributed by atoms with Gasteiger partial charge in [-0.1, -0.05) is 30.3 Å². The van der Waals surface area contributed by atoms with E-state index in [9.17, 15) is 4.39 Å². The van der Waals surface area contributed by atoms with Gasteiger partial charge in [-0.3, -0.25) is 5.43 Å². The van der Waals surface area contributed by atoms with Crippen molar-refractivity contribution in [3.05, 3.63) is 65.3 Å². The fourth-order valence-electron chi connectivity index (χ4n) is 1.98. The molecule has 6 heteroatoms. The number of halogens is 1. The van der Waals surface area contributed by atoms with Crippen LogP contribution in [0, 0.1) is 5.82 Å². The maximum absolute atomic E-state index is 13.5. The number of hydrogen-bond donors (Lipinski definition) is 1. The third-order valence-corrected chi connectivity index (χ3v) is 3.89. The summed E-state index contributed by atoms with van der Waals surface area (Å²) >= 11 is 1.43. The summed E-state index contributed by atoms with van der Waals surface area (Å²) in [6.07, 6.45) is 1.43. The lowest BCUT2D eigenvalue weighted by molar-refractivity contribution is 0.415. The average molecular weight is 327 g/mol. The number of ether oxygens (including phenoxy) is 1. The standard InChI is InChI=1S/C17H14FN3OS/c1-22-14-7-4-6-12(9-14)16-11-23-17(20-16)21-19-10-13-5-2-3-8-15(13)18/h2-11H,1H3,(H,20,21)/b19-10-. The molecule has 2 aromatic carbocycles. The van der Waals surface area contributed by atoms with Crippen LogP contribution >= 0.6 is 11.3 Å². The summed E-state index contributed by atoms with van der Waals surface area (Å²) < 4.78 is 18.7. The molecule has 0 saturated carbocycles. The summed E-state index contributed by atoms with van der Waals surface area (Å²) in [7, 11) is 1.63. The lowest BCUT2D eigenvalue weighted by Crippen LogP contribution is -1.92. The van der Waals surface area contributed by atoms with Gasteiger partial charge in [-0.15, -0.1) is 11.3 Å². The Morgan fingerprint density at radius 1 is 1.22 bits per heavy atom. The fourth-order valence-corrected chi connectivity index (χ4v) is 2.65. The summed E-state index contributed by atoms with van der Waals surface area (Å²) in [6.45, 7) is 0. The van der Waals surface area contributed by atoms with Crippen LogP contribution in [0.4, 0.5) is 9.52 Å². The van der Waals surface area contributed by atoms with Gasteiger partial charge in [0.05, 0.1) is 19.0 Å². The van der Waals surface area contributed by atoms with E-state index >= 15 is 0 Å². The first-order valence-electron chi connectivity index (χ1n) is 6.90. The molecule has 0 unspecified atom stereocenters. The van der Waals surface area contributed by atoms with E-state index in [0.717, 1.165) is 17.0 Å². The molecule has 1 aromatic heterocycles. The lowest BCUT2D eigenvalue weighted by atomic mass is 10.2. The number of nitrogens with zero attached hydrogens (tertiary/aromatic N) is 2. The smallest absolute Gasteiger partial charge is 0.203 e. The highest BCUT2D eigenvalue weighted by atomic mass is 32.1. The van der Waals surface area contributed by atoms with E-state index in [-0.39, 0.29) is 5.82 Å². The van der Waals surface area contributed by atoms with E-state index < -0.39 is 0 Å². The van der Waals surface area contributed by atoms with Crippen LogP contribution in [-0.2, 0) is 0 Å². The van der Waals surface area contributed by atoms with Gasteiger partial charge in [-0.05, 0) is 18.2 Å². The van der Waals surface area contributed by atoms with Crippen LogP contribution in [0.3, 0.4) is 0 Å². The van der Waals surface area contributed by atoms with Crippen LogP contribution in [0.1, 0.15) is 5.56 Å². The molecule has 0 aliphatic rings. The molecule has 4 nitrogen and oxygen atoms in total.